The van der Waals surface area contributed by atoms with Crippen LogP contribution in [0.1, 0.15) is 39.5 Å². The topological polar surface area (TPSA) is 155 Å². The fourth-order valence-corrected chi connectivity index (χ4v) is 5.64. The maximum atomic E-state index is 13.0. The molecule has 0 aliphatic carbocycles. The lowest BCUT2D eigenvalue weighted by molar-refractivity contribution is -0.203. The van der Waals surface area contributed by atoms with Gasteiger partial charge in [-0.2, -0.15) is 4.72 Å². The standard InChI is InChI=1S/C24H31N3O9S/c1-13(2)18(26-37(31,32)15-8-6-14(3)7-9-15)22(29)33-12-16-19-20(36-24(4,5)35-19)21(34-16)27-11-10-17(28)25-23(27)30/h6-11,13,16,18-21,26H,12H2,1-5H3,(H,25,28,30). The lowest BCUT2D eigenvalue weighted by Gasteiger charge is -2.25. The molecule has 1 aromatic carbocycles. The van der Waals surface area contributed by atoms with Crippen LogP contribution >= 0.6 is 0 Å². The van der Waals surface area contributed by atoms with E-state index in [-0.39, 0.29) is 11.5 Å². The number of nitrogens with zero attached hydrogens (tertiary/aromatic N) is 1. The van der Waals surface area contributed by atoms with Crippen molar-refractivity contribution in [3.8, 4) is 0 Å². The van der Waals surface area contributed by atoms with Crippen LogP contribution in [0.15, 0.2) is 51.0 Å². The fraction of sp³-hybridized carbons (Fsp3) is 0.542. The zero-order valence-corrected chi connectivity index (χ0v) is 22.0. The third kappa shape index (κ3) is 5.85. The molecule has 1 aromatic heterocycles. The highest BCUT2D eigenvalue weighted by Gasteiger charge is 2.56. The first kappa shape index (κ1) is 27.2. The van der Waals surface area contributed by atoms with E-state index in [1.807, 2.05) is 6.92 Å². The van der Waals surface area contributed by atoms with E-state index in [2.05, 4.69) is 9.71 Å². The molecule has 0 amide bonds. The Morgan fingerprint density at radius 3 is 2.41 bits per heavy atom. The molecule has 5 atom stereocenters. The van der Waals surface area contributed by atoms with E-state index in [1.54, 1.807) is 39.8 Å². The van der Waals surface area contributed by atoms with Gasteiger partial charge in [0.25, 0.3) is 5.56 Å². The van der Waals surface area contributed by atoms with E-state index < -0.39 is 69.5 Å². The number of aromatic amines is 1. The van der Waals surface area contributed by atoms with Crippen molar-refractivity contribution in [2.75, 3.05) is 6.61 Å². The number of carbonyl (C=O) groups excluding carboxylic acids is 1. The Hall–Kier alpha value is -2.84. The van der Waals surface area contributed by atoms with Gasteiger partial charge < -0.3 is 18.9 Å². The molecule has 0 saturated carbocycles. The first-order valence-electron chi connectivity index (χ1n) is 11.9. The third-order valence-electron chi connectivity index (χ3n) is 6.17. The highest BCUT2D eigenvalue weighted by atomic mass is 32.2. The van der Waals surface area contributed by atoms with Gasteiger partial charge in [0.05, 0.1) is 4.90 Å². The summed E-state index contributed by atoms with van der Waals surface area (Å²) in [5, 5.41) is 0. The summed E-state index contributed by atoms with van der Waals surface area (Å²) in [6.07, 6.45) is -1.88. The number of ether oxygens (including phenoxy) is 4. The number of H-pyrrole nitrogens is 1. The van der Waals surface area contributed by atoms with E-state index in [1.165, 1.54) is 29.0 Å². The number of esters is 1. The minimum Gasteiger partial charge on any atom is -0.462 e. The van der Waals surface area contributed by atoms with Crippen molar-refractivity contribution in [1.82, 2.24) is 14.3 Å². The monoisotopic (exact) mass is 537 g/mol. The molecular weight excluding hydrogens is 506 g/mol. The maximum absolute atomic E-state index is 13.0. The molecule has 2 fully saturated rings. The van der Waals surface area contributed by atoms with Crippen LogP contribution in [0.25, 0.3) is 0 Å². The van der Waals surface area contributed by atoms with Crippen LogP contribution in [-0.2, 0) is 33.8 Å². The molecule has 5 unspecified atom stereocenters. The Balaban J connectivity index is 1.49. The van der Waals surface area contributed by atoms with Gasteiger partial charge in [0.1, 0.15) is 31.0 Å². The normalized spacial score (nSPS) is 25.7. The van der Waals surface area contributed by atoms with Gasteiger partial charge in [0.2, 0.25) is 10.0 Å². The molecule has 4 rings (SSSR count). The Labute approximate surface area is 213 Å². The number of rotatable bonds is 8. The van der Waals surface area contributed by atoms with Crippen molar-refractivity contribution in [2.45, 2.75) is 75.9 Å². The summed E-state index contributed by atoms with van der Waals surface area (Å²) in [7, 11) is -3.98. The Bertz CT molecular complexity index is 1360. The van der Waals surface area contributed by atoms with Gasteiger partial charge in [0.15, 0.2) is 12.0 Å². The van der Waals surface area contributed by atoms with Crippen LogP contribution in [0.4, 0.5) is 0 Å². The zero-order chi connectivity index (χ0) is 27.1. The number of fused-ring (bicyclic) bond motifs is 1. The zero-order valence-electron chi connectivity index (χ0n) is 21.2. The molecule has 202 valence electrons. The Morgan fingerprint density at radius 1 is 1.14 bits per heavy atom. The van der Waals surface area contributed by atoms with Crippen molar-refractivity contribution >= 4 is 16.0 Å². The van der Waals surface area contributed by atoms with E-state index in [0.717, 1.165) is 5.56 Å². The van der Waals surface area contributed by atoms with Crippen molar-refractivity contribution in [1.29, 1.82) is 0 Å². The molecule has 0 radical (unpaired) electrons. The fourth-order valence-electron chi connectivity index (χ4n) is 4.31. The maximum Gasteiger partial charge on any atom is 0.330 e. The Kier molecular flexibility index (Phi) is 7.45. The number of carbonyl (C=O) groups is 1. The summed E-state index contributed by atoms with van der Waals surface area (Å²) < 4.78 is 52.7. The molecule has 37 heavy (non-hydrogen) atoms. The molecule has 2 aliphatic rings. The number of nitrogens with one attached hydrogen (secondary N) is 2. The number of hydrogen-bond acceptors (Lipinski definition) is 9. The van der Waals surface area contributed by atoms with Crippen molar-refractivity contribution in [2.24, 2.45) is 5.92 Å². The Morgan fingerprint density at radius 2 is 1.78 bits per heavy atom. The number of aryl methyl sites for hydroxylation is 1. The molecule has 12 nitrogen and oxygen atoms in total. The van der Waals surface area contributed by atoms with Crippen LogP contribution in [0.5, 0.6) is 0 Å². The van der Waals surface area contributed by atoms with Crippen LogP contribution in [0, 0.1) is 12.8 Å². The van der Waals surface area contributed by atoms with E-state index in [0.29, 0.717) is 0 Å². The van der Waals surface area contributed by atoms with Crippen molar-refractivity contribution in [3.05, 3.63) is 62.9 Å². The minimum absolute atomic E-state index is 0.0337. The quantitative estimate of drug-likeness (QED) is 0.465. The van der Waals surface area contributed by atoms with Crippen LogP contribution < -0.4 is 16.0 Å². The van der Waals surface area contributed by atoms with Crippen LogP contribution in [0.3, 0.4) is 0 Å². The molecule has 2 N–H and O–H groups in total. The van der Waals surface area contributed by atoms with Crippen LogP contribution in [0.2, 0.25) is 0 Å². The van der Waals surface area contributed by atoms with Gasteiger partial charge in [-0.3, -0.25) is 19.1 Å². The highest BCUT2D eigenvalue weighted by Crippen LogP contribution is 2.42. The highest BCUT2D eigenvalue weighted by molar-refractivity contribution is 7.89. The molecular formula is C24H31N3O9S. The second-order valence-corrected chi connectivity index (χ2v) is 11.6. The number of sulfonamides is 1. The predicted molar refractivity (Wildman–Crippen MR) is 130 cm³/mol. The SMILES string of the molecule is Cc1ccc(S(=O)(=O)NC(C(=O)OCC2OC(n3ccc(=O)[nH]c3=O)C3OC(C)(C)OC23)C(C)C)cc1. The molecule has 3 heterocycles. The number of aromatic nitrogens is 2. The van der Waals surface area contributed by atoms with E-state index >= 15 is 0 Å². The summed E-state index contributed by atoms with van der Waals surface area (Å²) in [5.41, 5.74) is -0.344. The lowest BCUT2D eigenvalue weighted by Crippen LogP contribution is -2.46. The summed E-state index contributed by atoms with van der Waals surface area (Å²) in [6, 6.07) is 6.29. The molecule has 0 spiro atoms. The second-order valence-electron chi connectivity index (χ2n) is 9.93. The smallest absolute Gasteiger partial charge is 0.330 e. The summed E-state index contributed by atoms with van der Waals surface area (Å²) >= 11 is 0. The van der Waals surface area contributed by atoms with Gasteiger partial charge in [0, 0.05) is 12.3 Å². The van der Waals surface area contributed by atoms with Gasteiger partial charge in [-0.25, -0.2) is 13.2 Å². The number of hydrogen-bond donors (Lipinski definition) is 2. The molecule has 0 bridgehead atoms. The lowest BCUT2D eigenvalue weighted by atomic mass is 10.1. The van der Waals surface area contributed by atoms with Crippen molar-refractivity contribution < 1.29 is 32.2 Å². The van der Waals surface area contributed by atoms with Gasteiger partial charge in [-0.1, -0.05) is 31.5 Å². The molecule has 2 aliphatic heterocycles. The average Bonchev–Trinajstić information content (AvgIpc) is 3.29. The molecule has 13 heteroatoms. The average molecular weight is 538 g/mol. The van der Waals surface area contributed by atoms with Crippen molar-refractivity contribution in [3.63, 3.8) is 0 Å². The van der Waals surface area contributed by atoms with Gasteiger partial charge in [-0.15, -0.1) is 0 Å². The third-order valence-corrected chi connectivity index (χ3v) is 7.63. The summed E-state index contributed by atoms with van der Waals surface area (Å²) in [4.78, 5) is 39.0. The van der Waals surface area contributed by atoms with E-state index in [4.69, 9.17) is 18.9 Å². The van der Waals surface area contributed by atoms with Crippen LogP contribution in [-0.4, -0.2) is 60.7 Å². The largest absolute Gasteiger partial charge is 0.462 e. The summed E-state index contributed by atoms with van der Waals surface area (Å²) in [6.45, 7) is 8.36. The first-order chi connectivity index (χ1) is 17.3. The molecule has 2 saturated heterocycles. The first-order valence-corrected chi connectivity index (χ1v) is 13.3. The van der Waals surface area contributed by atoms with E-state index in [9.17, 15) is 22.8 Å². The van der Waals surface area contributed by atoms with Gasteiger partial charge in [-0.05, 0) is 38.8 Å². The number of benzene rings is 1. The predicted octanol–water partition coefficient (Wildman–Crippen LogP) is 0.809. The minimum atomic E-state index is -3.98. The molecule has 2 aromatic rings. The van der Waals surface area contributed by atoms with Gasteiger partial charge >= 0.3 is 11.7 Å². The summed E-state index contributed by atoms with van der Waals surface area (Å²) in [5.74, 6) is -2.19. The second kappa shape index (κ2) is 10.1.